The van der Waals surface area contributed by atoms with Crippen molar-refractivity contribution in [1.82, 2.24) is 9.97 Å². The fraction of sp³-hybridized carbons (Fsp3) is 0.643. The van der Waals surface area contributed by atoms with Crippen molar-refractivity contribution >= 4 is 0 Å². The highest BCUT2D eigenvalue weighted by molar-refractivity contribution is 5.30. The van der Waals surface area contributed by atoms with Gasteiger partial charge in [0, 0.05) is 35.6 Å². The highest BCUT2D eigenvalue weighted by atomic mass is 19.4. The van der Waals surface area contributed by atoms with Crippen molar-refractivity contribution < 1.29 is 13.2 Å². The monoisotopic (exact) mass is 460 g/mol. The predicted molar refractivity (Wildman–Crippen MR) is 129 cm³/mol. The van der Waals surface area contributed by atoms with Gasteiger partial charge in [-0.1, -0.05) is 54.4 Å². The Morgan fingerprint density at radius 1 is 0.879 bits per heavy atom. The van der Waals surface area contributed by atoms with E-state index in [-0.39, 0.29) is 17.3 Å². The van der Waals surface area contributed by atoms with Crippen molar-refractivity contribution in [3.63, 3.8) is 0 Å². The summed E-state index contributed by atoms with van der Waals surface area (Å²) in [6.45, 7) is 13.0. The molecular weight excluding hydrogens is 421 g/mol. The molecule has 1 fully saturated rings. The molecule has 0 aliphatic heterocycles. The van der Waals surface area contributed by atoms with Crippen molar-refractivity contribution in [2.45, 2.75) is 109 Å². The molecule has 1 saturated carbocycles. The molecule has 1 aliphatic carbocycles. The molecule has 0 aromatic carbocycles. The molecule has 3 rings (SSSR count). The van der Waals surface area contributed by atoms with E-state index in [0.717, 1.165) is 49.1 Å². The maximum Gasteiger partial charge on any atom is 0.389 e. The Morgan fingerprint density at radius 2 is 1.55 bits per heavy atom. The van der Waals surface area contributed by atoms with E-state index >= 15 is 0 Å². The lowest BCUT2D eigenvalue weighted by Gasteiger charge is -2.30. The molecule has 0 amide bonds. The third-order valence-corrected chi connectivity index (χ3v) is 6.81. The molecule has 2 atom stereocenters. The van der Waals surface area contributed by atoms with Gasteiger partial charge in [-0.2, -0.15) is 13.2 Å². The topological polar surface area (TPSA) is 25.8 Å². The minimum atomic E-state index is -4.16. The zero-order chi connectivity index (χ0) is 24.4. The fourth-order valence-corrected chi connectivity index (χ4v) is 4.75. The van der Waals surface area contributed by atoms with Gasteiger partial charge in [-0.05, 0) is 77.8 Å². The number of halogens is 3. The van der Waals surface area contributed by atoms with Gasteiger partial charge in [0.2, 0.25) is 0 Å². The molecule has 2 nitrogen and oxygen atoms in total. The summed E-state index contributed by atoms with van der Waals surface area (Å²) in [6, 6.07) is 8.34. The van der Waals surface area contributed by atoms with Gasteiger partial charge in [-0.25, -0.2) is 0 Å². The summed E-state index contributed by atoms with van der Waals surface area (Å²) in [5, 5.41) is 0. The average molecular weight is 461 g/mol. The number of aryl methyl sites for hydroxylation is 1. The molecule has 5 heteroatoms. The van der Waals surface area contributed by atoms with Gasteiger partial charge < -0.3 is 0 Å². The lowest BCUT2D eigenvalue weighted by Crippen LogP contribution is -2.20. The van der Waals surface area contributed by atoms with E-state index < -0.39 is 12.6 Å². The van der Waals surface area contributed by atoms with Crippen LogP contribution in [-0.2, 0) is 23.7 Å². The van der Waals surface area contributed by atoms with Gasteiger partial charge in [-0.3, -0.25) is 9.97 Å². The first-order chi connectivity index (χ1) is 15.2. The number of aromatic nitrogens is 2. The first-order valence-corrected chi connectivity index (χ1v) is 12.2. The third kappa shape index (κ3) is 7.55. The van der Waals surface area contributed by atoms with Crippen LogP contribution in [-0.4, -0.2) is 16.1 Å². The van der Waals surface area contributed by atoms with Crippen molar-refractivity contribution in [2.75, 3.05) is 0 Å². The second-order valence-corrected chi connectivity index (χ2v) is 11.9. The summed E-state index contributed by atoms with van der Waals surface area (Å²) in [4.78, 5) is 9.38. The predicted octanol–water partition coefficient (Wildman–Crippen LogP) is 8.08. The number of hydrogen-bond acceptors (Lipinski definition) is 2. The van der Waals surface area contributed by atoms with Gasteiger partial charge in [0.25, 0.3) is 0 Å². The molecule has 33 heavy (non-hydrogen) atoms. The molecule has 0 bridgehead atoms. The van der Waals surface area contributed by atoms with E-state index in [4.69, 9.17) is 4.98 Å². The summed E-state index contributed by atoms with van der Waals surface area (Å²) in [7, 11) is 0. The molecule has 0 saturated heterocycles. The number of rotatable bonds is 5. The van der Waals surface area contributed by atoms with E-state index in [0.29, 0.717) is 17.5 Å². The Balaban J connectivity index is 1.79. The summed E-state index contributed by atoms with van der Waals surface area (Å²) in [6.07, 6.45) is 2.16. The van der Waals surface area contributed by atoms with E-state index in [1.54, 1.807) is 0 Å². The van der Waals surface area contributed by atoms with Gasteiger partial charge in [0.05, 0.1) is 0 Å². The zero-order valence-electron chi connectivity index (χ0n) is 21.0. The van der Waals surface area contributed by atoms with Crippen molar-refractivity contribution in [2.24, 2.45) is 5.92 Å². The standard InChI is InChI=1S/C28H39F3N2/c1-26(2,3)21-11-13-32-24(16-21)15-19-8-7-9-20(14-19)25-18-22(27(4,5)6)17-23(33-25)10-12-28(29,30)31/h11,13,16-20H,7-10,12,14-15H2,1-6H3. The molecule has 0 N–H and O–H groups in total. The van der Waals surface area contributed by atoms with Gasteiger partial charge in [0.15, 0.2) is 0 Å². The average Bonchev–Trinajstić information content (AvgIpc) is 2.71. The Hall–Kier alpha value is -1.91. The van der Waals surface area contributed by atoms with Crippen LogP contribution in [0.1, 0.15) is 108 Å². The largest absolute Gasteiger partial charge is 0.389 e. The van der Waals surface area contributed by atoms with Crippen LogP contribution >= 0.6 is 0 Å². The number of pyridine rings is 2. The Labute approximate surface area is 197 Å². The van der Waals surface area contributed by atoms with E-state index in [9.17, 15) is 13.2 Å². The molecule has 182 valence electrons. The SMILES string of the molecule is CC(C)(C)c1ccnc(CC2CCCC(c3cc(C(C)(C)C)cc(CCC(F)(F)F)n3)C2)c1. The van der Waals surface area contributed by atoms with Gasteiger partial charge in [-0.15, -0.1) is 0 Å². The summed E-state index contributed by atoms with van der Waals surface area (Å²) in [5.74, 6) is 0.812. The second kappa shape index (κ2) is 9.76. The van der Waals surface area contributed by atoms with Gasteiger partial charge >= 0.3 is 6.18 Å². The molecule has 2 unspecified atom stereocenters. The quantitative estimate of drug-likeness (QED) is 0.451. The van der Waals surface area contributed by atoms with Crippen LogP contribution in [0.25, 0.3) is 0 Å². The first kappa shape index (κ1) is 25.7. The Kier molecular flexibility index (Phi) is 7.60. The normalized spacial score (nSPS) is 20.2. The summed E-state index contributed by atoms with van der Waals surface area (Å²) >= 11 is 0. The third-order valence-electron chi connectivity index (χ3n) is 6.81. The fourth-order valence-electron chi connectivity index (χ4n) is 4.75. The zero-order valence-corrected chi connectivity index (χ0v) is 21.0. The number of nitrogens with zero attached hydrogens (tertiary/aromatic N) is 2. The van der Waals surface area contributed by atoms with Crippen LogP contribution in [0.5, 0.6) is 0 Å². The Morgan fingerprint density at radius 3 is 2.18 bits per heavy atom. The molecule has 2 aromatic heterocycles. The van der Waals surface area contributed by atoms with E-state index in [1.807, 2.05) is 12.3 Å². The number of alkyl halides is 3. The number of hydrogen-bond donors (Lipinski definition) is 0. The first-order valence-electron chi connectivity index (χ1n) is 12.2. The molecular formula is C28H39F3N2. The van der Waals surface area contributed by atoms with Crippen LogP contribution in [0.4, 0.5) is 13.2 Å². The van der Waals surface area contributed by atoms with Crippen LogP contribution in [0.15, 0.2) is 30.5 Å². The van der Waals surface area contributed by atoms with E-state index in [2.05, 4.69) is 64.7 Å². The molecule has 0 spiro atoms. The smallest absolute Gasteiger partial charge is 0.261 e. The molecule has 1 aliphatic rings. The maximum absolute atomic E-state index is 12.9. The lowest BCUT2D eigenvalue weighted by atomic mass is 9.76. The molecule has 2 heterocycles. The Bertz CT molecular complexity index is 935. The second-order valence-electron chi connectivity index (χ2n) is 11.9. The molecule has 2 aromatic rings. The van der Waals surface area contributed by atoms with Gasteiger partial charge in [0.1, 0.15) is 0 Å². The van der Waals surface area contributed by atoms with Crippen molar-refractivity contribution in [1.29, 1.82) is 0 Å². The van der Waals surface area contributed by atoms with Crippen molar-refractivity contribution in [3.05, 3.63) is 58.7 Å². The van der Waals surface area contributed by atoms with Crippen LogP contribution in [0.3, 0.4) is 0 Å². The van der Waals surface area contributed by atoms with E-state index in [1.165, 1.54) is 5.56 Å². The van der Waals surface area contributed by atoms with Crippen LogP contribution in [0, 0.1) is 5.92 Å². The highest BCUT2D eigenvalue weighted by Gasteiger charge is 2.29. The highest BCUT2D eigenvalue weighted by Crippen LogP contribution is 2.39. The minimum absolute atomic E-state index is 0.0555. The molecule has 0 radical (unpaired) electrons. The van der Waals surface area contributed by atoms with Crippen LogP contribution in [0.2, 0.25) is 0 Å². The minimum Gasteiger partial charge on any atom is -0.261 e. The maximum atomic E-state index is 12.9. The summed E-state index contributed by atoms with van der Waals surface area (Å²) in [5.41, 5.74) is 5.01. The lowest BCUT2D eigenvalue weighted by molar-refractivity contribution is -0.134. The summed E-state index contributed by atoms with van der Waals surface area (Å²) < 4.78 is 38.6. The van der Waals surface area contributed by atoms with Crippen LogP contribution < -0.4 is 0 Å². The van der Waals surface area contributed by atoms with Crippen molar-refractivity contribution in [3.8, 4) is 0 Å².